The van der Waals surface area contributed by atoms with Crippen molar-refractivity contribution >= 4 is 15.9 Å². The van der Waals surface area contributed by atoms with Gasteiger partial charge in [0.2, 0.25) is 0 Å². The van der Waals surface area contributed by atoms with Crippen LogP contribution in [0.2, 0.25) is 0 Å². The SMILES string of the molecule is CC1(C)C2CCC1(C)C(CBr)C2. The highest BCUT2D eigenvalue weighted by Gasteiger charge is 2.60. The fourth-order valence-electron chi connectivity index (χ4n) is 3.60. The molecule has 0 spiro atoms. The Morgan fingerprint density at radius 3 is 2.25 bits per heavy atom. The largest absolute Gasteiger partial charge is 0.0925 e. The highest BCUT2D eigenvalue weighted by atomic mass is 79.9. The number of hydrogen-bond acceptors (Lipinski definition) is 0. The maximum atomic E-state index is 3.66. The molecule has 0 saturated heterocycles. The van der Waals surface area contributed by atoms with Gasteiger partial charge in [0.15, 0.2) is 0 Å². The molecule has 1 heteroatoms. The van der Waals surface area contributed by atoms with Crippen LogP contribution in [0.25, 0.3) is 0 Å². The van der Waals surface area contributed by atoms with Gasteiger partial charge in [-0.15, -0.1) is 0 Å². The number of alkyl halides is 1. The summed E-state index contributed by atoms with van der Waals surface area (Å²) in [7, 11) is 0. The molecule has 0 amide bonds. The van der Waals surface area contributed by atoms with Crippen molar-refractivity contribution in [3.63, 3.8) is 0 Å². The molecule has 0 aliphatic heterocycles. The van der Waals surface area contributed by atoms with Gasteiger partial charge in [-0.3, -0.25) is 0 Å². The lowest BCUT2D eigenvalue weighted by molar-refractivity contribution is 0.114. The van der Waals surface area contributed by atoms with Crippen LogP contribution in [0, 0.1) is 22.7 Å². The van der Waals surface area contributed by atoms with Crippen LogP contribution >= 0.6 is 15.9 Å². The summed E-state index contributed by atoms with van der Waals surface area (Å²) in [5.74, 6) is 1.94. The van der Waals surface area contributed by atoms with Crippen molar-refractivity contribution in [3.05, 3.63) is 0 Å². The molecular formula is C11H19Br. The molecule has 2 bridgehead atoms. The van der Waals surface area contributed by atoms with Crippen LogP contribution in [0.5, 0.6) is 0 Å². The number of fused-ring (bicyclic) bond motifs is 2. The Labute approximate surface area is 84.2 Å². The van der Waals surface area contributed by atoms with E-state index in [1.165, 1.54) is 24.6 Å². The fourth-order valence-corrected chi connectivity index (χ4v) is 4.58. The zero-order chi connectivity index (χ0) is 8.98. The molecule has 0 aromatic rings. The molecule has 2 saturated carbocycles. The zero-order valence-corrected chi connectivity index (χ0v) is 9.95. The Bertz CT molecular complexity index is 197. The van der Waals surface area contributed by atoms with Crippen molar-refractivity contribution in [2.75, 3.05) is 5.33 Å². The van der Waals surface area contributed by atoms with Gasteiger partial charge in [-0.05, 0) is 41.9 Å². The summed E-state index contributed by atoms with van der Waals surface area (Å²) in [6.07, 6.45) is 4.41. The van der Waals surface area contributed by atoms with Gasteiger partial charge in [0, 0.05) is 5.33 Å². The molecule has 2 aliphatic carbocycles. The minimum absolute atomic E-state index is 0.603. The average molecular weight is 231 g/mol. The summed E-state index contributed by atoms with van der Waals surface area (Å²) < 4.78 is 0. The van der Waals surface area contributed by atoms with Gasteiger partial charge in [-0.25, -0.2) is 0 Å². The first-order valence-corrected chi connectivity index (χ1v) is 6.20. The molecule has 70 valence electrons. The molecule has 0 aromatic heterocycles. The maximum Gasteiger partial charge on any atom is 0.00651 e. The predicted octanol–water partition coefficient (Wildman–Crippen LogP) is 3.84. The van der Waals surface area contributed by atoms with Gasteiger partial charge in [0.05, 0.1) is 0 Å². The smallest absolute Gasteiger partial charge is 0.00651 e. The van der Waals surface area contributed by atoms with Crippen molar-refractivity contribution in [2.24, 2.45) is 22.7 Å². The topological polar surface area (TPSA) is 0 Å². The Morgan fingerprint density at radius 1 is 1.33 bits per heavy atom. The van der Waals surface area contributed by atoms with E-state index in [1.807, 2.05) is 0 Å². The maximum absolute atomic E-state index is 3.66. The third-order valence-electron chi connectivity index (χ3n) is 5.16. The number of rotatable bonds is 1. The normalized spacial score (nSPS) is 50.0. The van der Waals surface area contributed by atoms with E-state index in [0.29, 0.717) is 10.8 Å². The molecule has 0 aromatic carbocycles. The second-order valence-corrected chi connectivity index (χ2v) is 6.11. The van der Waals surface area contributed by atoms with Crippen molar-refractivity contribution in [3.8, 4) is 0 Å². The van der Waals surface area contributed by atoms with Crippen LogP contribution in [-0.4, -0.2) is 5.33 Å². The molecule has 0 nitrogen and oxygen atoms in total. The van der Waals surface area contributed by atoms with E-state index in [4.69, 9.17) is 0 Å². The van der Waals surface area contributed by atoms with E-state index in [9.17, 15) is 0 Å². The van der Waals surface area contributed by atoms with E-state index in [0.717, 1.165) is 11.8 Å². The van der Waals surface area contributed by atoms with Gasteiger partial charge in [-0.1, -0.05) is 36.7 Å². The molecule has 0 N–H and O–H groups in total. The van der Waals surface area contributed by atoms with Crippen LogP contribution in [-0.2, 0) is 0 Å². The summed E-state index contributed by atoms with van der Waals surface area (Å²) in [5, 5.41) is 1.21. The highest BCUT2D eigenvalue weighted by molar-refractivity contribution is 9.09. The first kappa shape index (κ1) is 9.05. The minimum atomic E-state index is 0.603. The lowest BCUT2D eigenvalue weighted by Gasteiger charge is -2.38. The minimum Gasteiger partial charge on any atom is -0.0925 e. The average Bonchev–Trinajstić information content (AvgIpc) is 2.34. The third kappa shape index (κ3) is 0.840. The third-order valence-corrected chi connectivity index (χ3v) is 5.94. The van der Waals surface area contributed by atoms with Crippen molar-refractivity contribution < 1.29 is 0 Å². The van der Waals surface area contributed by atoms with E-state index in [2.05, 4.69) is 36.7 Å². The summed E-state index contributed by atoms with van der Waals surface area (Å²) >= 11 is 3.66. The molecule has 3 atom stereocenters. The summed E-state index contributed by atoms with van der Waals surface area (Å²) in [6.45, 7) is 7.46. The monoisotopic (exact) mass is 230 g/mol. The second-order valence-electron chi connectivity index (χ2n) is 5.46. The molecule has 2 aliphatic rings. The fraction of sp³-hybridized carbons (Fsp3) is 1.00. The van der Waals surface area contributed by atoms with Crippen molar-refractivity contribution in [1.29, 1.82) is 0 Å². The van der Waals surface area contributed by atoms with Crippen LogP contribution in [0.15, 0.2) is 0 Å². The Morgan fingerprint density at radius 2 is 2.00 bits per heavy atom. The molecule has 2 rings (SSSR count). The lowest BCUT2D eigenvalue weighted by atomic mass is 9.67. The molecule has 2 fully saturated rings. The van der Waals surface area contributed by atoms with E-state index >= 15 is 0 Å². The quantitative estimate of drug-likeness (QED) is 0.601. The van der Waals surface area contributed by atoms with Crippen LogP contribution in [0.1, 0.15) is 40.0 Å². The zero-order valence-electron chi connectivity index (χ0n) is 8.36. The van der Waals surface area contributed by atoms with Gasteiger partial charge < -0.3 is 0 Å². The second kappa shape index (κ2) is 2.50. The molecule has 3 unspecified atom stereocenters. The Kier molecular flexibility index (Phi) is 1.88. The lowest BCUT2D eigenvalue weighted by Crippen LogP contribution is -2.32. The molecule has 0 radical (unpaired) electrons. The summed E-state index contributed by atoms with van der Waals surface area (Å²) in [4.78, 5) is 0. The number of halogens is 1. The van der Waals surface area contributed by atoms with Gasteiger partial charge in [0.25, 0.3) is 0 Å². The van der Waals surface area contributed by atoms with Crippen LogP contribution in [0.3, 0.4) is 0 Å². The van der Waals surface area contributed by atoms with Gasteiger partial charge in [0.1, 0.15) is 0 Å². The summed E-state index contributed by atoms with van der Waals surface area (Å²) in [5.41, 5.74) is 1.23. The van der Waals surface area contributed by atoms with Crippen LogP contribution < -0.4 is 0 Å². The van der Waals surface area contributed by atoms with Crippen molar-refractivity contribution in [2.45, 2.75) is 40.0 Å². The first-order chi connectivity index (χ1) is 5.52. The molecule has 0 heterocycles. The van der Waals surface area contributed by atoms with Crippen molar-refractivity contribution in [1.82, 2.24) is 0 Å². The Balaban J connectivity index is 2.33. The standard InChI is InChI=1S/C11H19Br/c1-10(2)8-4-5-11(10,3)9(6-8)7-12/h8-9H,4-7H2,1-3H3. The first-order valence-electron chi connectivity index (χ1n) is 5.08. The van der Waals surface area contributed by atoms with E-state index in [1.54, 1.807) is 0 Å². The highest BCUT2D eigenvalue weighted by Crippen LogP contribution is 2.68. The molecular weight excluding hydrogens is 212 g/mol. The van der Waals surface area contributed by atoms with Crippen LogP contribution in [0.4, 0.5) is 0 Å². The molecule has 12 heavy (non-hydrogen) atoms. The van der Waals surface area contributed by atoms with Gasteiger partial charge >= 0.3 is 0 Å². The predicted molar refractivity (Wildman–Crippen MR) is 56.5 cm³/mol. The Hall–Kier alpha value is 0.480. The van der Waals surface area contributed by atoms with E-state index in [-0.39, 0.29) is 0 Å². The van der Waals surface area contributed by atoms with Gasteiger partial charge in [-0.2, -0.15) is 0 Å². The van der Waals surface area contributed by atoms with E-state index < -0.39 is 0 Å². The summed E-state index contributed by atoms with van der Waals surface area (Å²) in [6, 6.07) is 0. The number of hydrogen-bond donors (Lipinski definition) is 0.